The molecule has 0 saturated heterocycles. The highest BCUT2D eigenvalue weighted by atomic mass is 35.5. The summed E-state index contributed by atoms with van der Waals surface area (Å²) in [5.74, 6) is -3.07. The van der Waals surface area contributed by atoms with Crippen molar-refractivity contribution in [3.63, 3.8) is 0 Å². The van der Waals surface area contributed by atoms with Crippen LogP contribution in [0.25, 0.3) is 10.8 Å². The van der Waals surface area contributed by atoms with Crippen molar-refractivity contribution in [2.75, 3.05) is 37.9 Å². The monoisotopic (exact) mass is 1370 g/mol. The summed E-state index contributed by atoms with van der Waals surface area (Å²) in [5.41, 5.74) is 4.48. The Hall–Kier alpha value is -8.45. The molecule has 0 aliphatic rings. The zero-order valence-electron chi connectivity index (χ0n) is 41.2. The lowest BCUT2D eigenvalue weighted by molar-refractivity contribution is 0.472. The number of nitrogen functional groups attached to an aromatic ring is 1. The van der Waals surface area contributed by atoms with E-state index in [1.165, 1.54) is 12.1 Å². The number of nitrogens with one attached hydrogen (secondary N) is 6. The highest BCUT2D eigenvalue weighted by molar-refractivity contribution is 7.87. The molecule has 0 spiro atoms. The van der Waals surface area contributed by atoms with E-state index >= 15 is 0 Å². The fourth-order valence-corrected chi connectivity index (χ4v) is 11.9. The Kier molecular flexibility index (Phi) is 17.1. The predicted octanol–water partition coefficient (Wildman–Crippen LogP) is 5.36. The summed E-state index contributed by atoms with van der Waals surface area (Å²) in [5, 5.41) is 26.8. The Bertz CT molecular complexity index is 5060. The highest BCUT2D eigenvalue weighted by Crippen LogP contribution is 2.48. The average Bonchev–Trinajstić information content (AvgIpc) is 0.778. The normalized spacial score (nSPS) is 12.7. The Labute approximate surface area is 492 Å². The van der Waals surface area contributed by atoms with Crippen molar-refractivity contribution in [2.45, 2.75) is 34.3 Å². The van der Waals surface area contributed by atoms with Crippen molar-refractivity contribution in [1.82, 2.24) is 29.9 Å². The molecule has 0 fully saturated rings. The first kappa shape index (κ1) is 63.6. The van der Waals surface area contributed by atoms with Gasteiger partial charge in [0.25, 0.3) is 70.8 Å². The van der Waals surface area contributed by atoms with Crippen molar-refractivity contribution >= 4 is 180 Å². The molecule has 0 aliphatic heterocycles. The third kappa shape index (κ3) is 14.8. The Morgan fingerprint density at radius 1 is 0.419 bits per heavy atom. The summed E-state index contributed by atoms with van der Waals surface area (Å²) >= 11 is 12.3. The van der Waals surface area contributed by atoms with Crippen molar-refractivity contribution in [3.05, 3.63) is 102 Å². The molecular weight excluding hydrogens is 1340 g/mol. The van der Waals surface area contributed by atoms with Crippen LogP contribution in [0, 0.1) is 0 Å². The van der Waals surface area contributed by atoms with Crippen LogP contribution in [-0.2, 0) is 70.8 Å². The van der Waals surface area contributed by atoms with E-state index in [4.69, 9.17) is 28.9 Å². The maximum Gasteiger partial charge on any atom is 0.296 e. The van der Waals surface area contributed by atoms with Crippen LogP contribution >= 0.6 is 23.2 Å². The van der Waals surface area contributed by atoms with E-state index in [1.807, 2.05) is 5.43 Å². The molecule has 6 aromatic carbocycles. The number of halogens is 2. The van der Waals surface area contributed by atoms with Crippen molar-refractivity contribution in [3.8, 4) is 5.75 Å². The van der Waals surface area contributed by atoms with Gasteiger partial charge in [0, 0.05) is 17.1 Å². The number of nitrogens with two attached hydrogens (primary N) is 1. The van der Waals surface area contributed by atoms with Gasteiger partial charge in [0.2, 0.25) is 34.4 Å². The smallest absolute Gasteiger partial charge is 0.296 e. The second-order valence-corrected chi connectivity index (χ2v) is 27.2. The zero-order valence-corrected chi connectivity index (χ0v) is 48.4. The van der Waals surface area contributed by atoms with Gasteiger partial charge in [-0.25, -0.2) is 0 Å². The van der Waals surface area contributed by atoms with Crippen molar-refractivity contribution in [2.24, 2.45) is 10.2 Å². The SMILES string of the molecule is Nc1c(NNc2cc(S(=O)(=O)O)ccc2S(=O)(=O)O)c(S(=O)(=O)O)cc2cc(S(=O)(=O)O)c(/N=N/c3cc(Nc4nc(Cl)nc(Nc5ccc(S(=O)(=O)O)c(Nc6nc(Cl)nc(Nc7cccc(S(=O)(=O)O)c7)n6)c5)n4)ccc3S(=O)(=O)O)c(O)c12. The van der Waals surface area contributed by atoms with Crippen molar-refractivity contribution in [1.29, 1.82) is 0 Å². The van der Waals surface area contributed by atoms with Crippen LogP contribution in [0.15, 0.2) is 135 Å². The first-order chi connectivity index (χ1) is 39.6. The predicted molar refractivity (Wildman–Crippen MR) is 299 cm³/mol. The van der Waals surface area contributed by atoms with Crippen molar-refractivity contribution < 1.29 is 95.9 Å². The van der Waals surface area contributed by atoms with Crippen LogP contribution < -0.4 is 37.9 Å². The number of benzene rings is 6. The lowest BCUT2D eigenvalue weighted by atomic mass is 10.0. The van der Waals surface area contributed by atoms with Gasteiger partial charge in [-0.2, -0.15) is 88.8 Å². The number of aromatic nitrogens is 6. The number of aromatic hydroxyl groups is 1. The van der Waals surface area contributed by atoms with Crippen LogP contribution in [0.1, 0.15) is 0 Å². The third-order valence-corrected chi connectivity index (χ3v) is 17.4. The van der Waals surface area contributed by atoms with Gasteiger partial charge in [-0.05, 0) is 114 Å². The van der Waals surface area contributed by atoms with Crippen LogP contribution in [0.2, 0.25) is 10.6 Å². The molecule has 86 heavy (non-hydrogen) atoms. The van der Waals surface area contributed by atoms with Gasteiger partial charge in [0.05, 0.1) is 37.9 Å². The second-order valence-electron chi connectivity index (χ2n) is 16.7. The van der Waals surface area contributed by atoms with Gasteiger partial charge in [-0.15, -0.1) is 10.2 Å². The summed E-state index contributed by atoms with van der Waals surface area (Å²) < 4.78 is 242. The molecule has 2 aromatic heterocycles. The maximum absolute atomic E-state index is 12.8. The summed E-state index contributed by atoms with van der Waals surface area (Å²) in [6.45, 7) is 0. The molecule has 0 amide bonds. The number of anilines is 11. The molecule has 46 heteroatoms. The molecule has 8 rings (SSSR count). The number of rotatable bonds is 20. The molecule has 0 saturated carbocycles. The fraction of sp³-hybridized carbons (Fsp3) is 0. The highest BCUT2D eigenvalue weighted by Gasteiger charge is 2.30. The molecule has 0 atom stereocenters. The van der Waals surface area contributed by atoms with Gasteiger partial charge in [0.1, 0.15) is 35.9 Å². The van der Waals surface area contributed by atoms with Crippen LogP contribution in [0.5, 0.6) is 5.75 Å². The molecular formula is C40H31Cl2N15O22S7. The fourth-order valence-electron chi connectivity index (χ4n) is 7.36. The summed E-state index contributed by atoms with van der Waals surface area (Å²) in [4.78, 5) is 16.7. The van der Waals surface area contributed by atoms with Crippen LogP contribution in [0.4, 0.5) is 75.0 Å². The number of nitrogens with zero attached hydrogens (tertiary/aromatic N) is 8. The summed E-state index contributed by atoms with van der Waals surface area (Å²) in [7, 11) is -36.4. The van der Waals surface area contributed by atoms with Gasteiger partial charge in [-0.1, -0.05) is 6.07 Å². The van der Waals surface area contributed by atoms with Crippen LogP contribution in [-0.4, -0.2) is 126 Å². The minimum absolute atomic E-state index is 0.0403. The van der Waals surface area contributed by atoms with E-state index < -0.39 is 184 Å². The molecule has 0 unspecified atom stereocenters. The lowest BCUT2D eigenvalue weighted by Gasteiger charge is -2.19. The number of hydrogen-bond acceptors (Lipinski definition) is 30. The number of azo groups is 1. The van der Waals surface area contributed by atoms with E-state index in [0.29, 0.717) is 36.4 Å². The number of phenolic OH excluding ortho intramolecular Hbond substituents is 1. The van der Waals surface area contributed by atoms with E-state index in [-0.39, 0.29) is 23.0 Å². The Balaban J connectivity index is 1.13. The maximum atomic E-state index is 12.8. The average molecular weight is 1370 g/mol. The Morgan fingerprint density at radius 3 is 1.37 bits per heavy atom. The molecule has 16 N–H and O–H groups in total. The van der Waals surface area contributed by atoms with Gasteiger partial charge < -0.3 is 32.1 Å². The zero-order chi connectivity index (χ0) is 63.4. The van der Waals surface area contributed by atoms with E-state index in [0.717, 1.165) is 42.5 Å². The molecule has 37 nitrogen and oxygen atoms in total. The molecule has 0 aliphatic carbocycles. The van der Waals surface area contributed by atoms with E-state index in [9.17, 15) is 95.9 Å². The quantitative estimate of drug-likeness (QED) is 0.0198. The first-order valence-corrected chi connectivity index (χ1v) is 32.8. The standard InChI is InChI=1S/C40H31Cl2N15O22S7/c41-35-48-38(45-18-4-7-25(82(65,66)67)22(13-18)47-40-51-36(42)50-37(53-40)44-17-2-1-3-20(12-17)80(59,60)61)52-39(49-35)46-19-5-8-26(83(68,69)70)23(14-19)54-57-33-29(86(77,78)79)11-16-10-28(85(74,75)76)32(31(43)30(16)34(33)58)56-55-24-15-21(81(62,63)64)6-9-27(24)84(71,72)73/h1-15,55-56,58H,43H2,(H,59,60,61)(H,62,63,64)(H,65,66,67)(H,68,69,70)(H,71,72,73)(H,74,75,76)(H,77,78,79)(H2,44,47,50,51,53)(H2,45,46,48,49,52)/b57-54+. The number of phenols is 1. The largest absolute Gasteiger partial charge is 0.505 e. The van der Waals surface area contributed by atoms with E-state index in [2.05, 4.69) is 66.8 Å². The number of fused-ring (bicyclic) bond motifs is 1. The topological polar surface area (TPSA) is 601 Å². The summed E-state index contributed by atoms with van der Waals surface area (Å²) in [6, 6.07) is 12.7. The third-order valence-electron chi connectivity index (χ3n) is 10.9. The molecule has 0 bridgehead atoms. The summed E-state index contributed by atoms with van der Waals surface area (Å²) in [6.07, 6.45) is 0. The Morgan fingerprint density at radius 2 is 0.860 bits per heavy atom. The van der Waals surface area contributed by atoms with Gasteiger partial charge in [0.15, 0.2) is 5.75 Å². The molecule has 454 valence electrons. The second kappa shape index (κ2) is 23.1. The van der Waals surface area contributed by atoms with Gasteiger partial charge >= 0.3 is 0 Å². The van der Waals surface area contributed by atoms with Crippen LogP contribution in [0.3, 0.4) is 0 Å². The lowest BCUT2D eigenvalue weighted by Crippen LogP contribution is -2.17. The van der Waals surface area contributed by atoms with E-state index in [1.54, 1.807) is 0 Å². The minimum atomic E-state index is -5.61. The molecule has 0 radical (unpaired) electrons. The minimum Gasteiger partial charge on any atom is -0.505 e. The number of hydrogen-bond donors (Lipinski definition) is 15. The molecule has 8 aromatic rings. The first-order valence-electron chi connectivity index (χ1n) is 22.0. The molecule has 2 heterocycles. The number of hydrazine groups is 1. The van der Waals surface area contributed by atoms with Gasteiger partial charge in [-0.3, -0.25) is 42.7 Å².